The molecular weight excluding hydrogens is 319 g/mol. The summed E-state index contributed by atoms with van der Waals surface area (Å²) in [5, 5.41) is 7.49. The number of nitrogens with two attached hydrogens (primary N) is 1. The molecule has 1 atom stereocenters. The molecule has 1 rings (SSSR count). The second-order valence-electron chi connectivity index (χ2n) is 4.67. The van der Waals surface area contributed by atoms with Gasteiger partial charge in [0.15, 0.2) is 0 Å². The molecule has 0 radical (unpaired) electrons. The molecule has 0 saturated carbocycles. The van der Waals surface area contributed by atoms with Crippen LogP contribution in [0.4, 0.5) is 4.39 Å². The molecule has 8 heteroatoms. The van der Waals surface area contributed by atoms with Crippen molar-refractivity contribution in [1.29, 1.82) is 0 Å². The summed E-state index contributed by atoms with van der Waals surface area (Å²) in [5.74, 6) is -1.63. The van der Waals surface area contributed by atoms with Crippen molar-refractivity contribution in [1.82, 2.24) is 5.32 Å². The van der Waals surface area contributed by atoms with Crippen LogP contribution < -0.4 is 10.5 Å². The zero-order valence-electron chi connectivity index (χ0n) is 11.8. The molecule has 1 aromatic carbocycles. The molecule has 0 aliphatic heterocycles. The molecule has 118 valence electrons. The molecule has 0 bridgehead atoms. The summed E-state index contributed by atoms with van der Waals surface area (Å²) in [6, 6.07) is 1.58. The van der Waals surface area contributed by atoms with Gasteiger partial charge in [-0.1, -0.05) is 31.9 Å². The van der Waals surface area contributed by atoms with Crippen molar-refractivity contribution >= 4 is 27.5 Å². The third kappa shape index (κ3) is 4.66. The summed E-state index contributed by atoms with van der Waals surface area (Å²) >= 11 is 5.81. The van der Waals surface area contributed by atoms with Crippen LogP contribution in [0.1, 0.15) is 43.5 Å². The Balaban J connectivity index is 3.15. The van der Waals surface area contributed by atoms with Crippen molar-refractivity contribution in [3.63, 3.8) is 0 Å². The Hall–Kier alpha value is -1.18. The second kappa shape index (κ2) is 7.20. The fourth-order valence-electron chi connectivity index (χ4n) is 1.91. The first-order valence-electron chi connectivity index (χ1n) is 6.53. The summed E-state index contributed by atoms with van der Waals surface area (Å²) < 4.78 is 36.1. The fraction of sp³-hybridized carbons (Fsp3) is 0.462. The van der Waals surface area contributed by atoms with Crippen molar-refractivity contribution in [2.24, 2.45) is 5.14 Å². The first-order valence-corrected chi connectivity index (χ1v) is 8.45. The van der Waals surface area contributed by atoms with Gasteiger partial charge >= 0.3 is 0 Å². The number of halogens is 2. The lowest BCUT2D eigenvalue weighted by molar-refractivity contribution is 0.0933. The van der Waals surface area contributed by atoms with E-state index in [1.807, 2.05) is 13.8 Å². The zero-order chi connectivity index (χ0) is 16.2. The van der Waals surface area contributed by atoms with E-state index in [0.717, 1.165) is 31.4 Å². The topological polar surface area (TPSA) is 89.3 Å². The maximum absolute atomic E-state index is 13.6. The Kier molecular flexibility index (Phi) is 6.12. The van der Waals surface area contributed by atoms with Gasteiger partial charge in [-0.15, -0.1) is 0 Å². The number of nitrogens with one attached hydrogen (secondary N) is 1. The Morgan fingerprint density at radius 2 is 2.05 bits per heavy atom. The molecule has 0 aliphatic carbocycles. The molecule has 0 saturated heterocycles. The van der Waals surface area contributed by atoms with E-state index in [2.05, 4.69) is 5.32 Å². The van der Waals surface area contributed by atoms with Crippen LogP contribution in [0.5, 0.6) is 0 Å². The van der Waals surface area contributed by atoms with E-state index in [9.17, 15) is 17.6 Å². The van der Waals surface area contributed by atoms with Gasteiger partial charge in [-0.05, 0) is 25.0 Å². The molecule has 5 nitrogen and oxygen atoms in total. The third-order valence-corrected chi connectivity index (χ3v) is 4.28. The van der Waals surface area contributed by atoms with Gasteiger partial charge in [0.1, 0.15) is 10.7 Å². The molecule has 0 spiro atoms. The van der Waals surface area contributed by atoms with Crippen molar-refractivity contribution in [3.05, 3.63) is 28.5 Å². The Labute approximate surface area is 128 Å². The van der Waals surface area contributed by atoms with Crippen LogP contribution in [0.3, 0.4) is 0 Å². The molecule has 0 aliphatic rings. The van der Waals surface area contributed by atoms with Gasteiger partial charge in [-0.2, -0.15) is 0 Å². The normalized spacial score (nSPS) is 13.0. The van der Waals surface area contributed by atoms with Crippen molar-refractivity contribution < 1.29 is 17.6 Å². The largest absolute Gasteiger partial charge is 0.349 e. The van der Waals surface area contributed by atoms with Gasteiger partial charge < -0.3 is 5.32 Å². The number of primary sulfonamides is 1. The smallest absolute Gasteiger partial charge is 0.253 e. The van der Waals surface area contributed by atoms with Gasteiger partial charge in [0.2, 0.25) is 10.0 Å². The minimum atomic E-state index is -4.26. The van der Waals surface area contributed by atoms with E-state index in [4.69, 9.17) is 16.7 Å². The number of hydrogen-bond acceptors (Lipinski definition) is 3. The van der Waals surface area contributed by atoms with Gasteiger partial charge in [0.05, 0.1) is 10.6 Å². The van der Waals surface area contributed by atoms with Crippen molar-refractivity contribution in [2.45, 2.75) is 44.0 Å². The highest BCUT2D eigenvalue weighted by Gasteiger charge is 2.21. The summed E-state index contributed by atoms with van der Waals surface area (Å²) in [4.78, 5) is 11.4. The van der Waals surface area contributed by atoms with E-state index < -0.39 is 26.6 Å². The number of amides is 1. The van der Waals surface area contributed by atoms with E-state index in [1.165, 1.54) is 0 Å². The highest BCUT2D eigenvalue weighted by atomic mass is 35.5. The van der Waals surface area contributed by atoms with Gasteiger partial charge in [-0.25, -0.2) is 17.9 Å². The number of carbonyl (C=O) groups is 1. The van der Waals surface area contributed by atoms with Crippen LogP contribution in [0.2, 0.25) is 5.02 Å². The highest BCUT2D eigenvalue weighted by Crippen LogP contribution is 2.23. The van der Waals surface area contributed by atoms with Crippen LogP contribution in [0, 0.1) is 5.82 Å². The molecule has 0 aromatic heterocycles. The predicted molar refractivity (Wildman–Crippen MR) is 79.2 cm³/mol. The van der Waals surface area contributed by atoms with E-state index in [1.54, 1.807) is 0 Å². The molecule has 0 fully saturated rings. The number of hydrogen-bond donors (Lipinski definition) is 2. The standard InChI is InChI=1S/C13H18ClFN2O3S/c1-3-5-8(4-2)17-13(18)9-6-12(21(16,19)20)11(15)7-10(9)14/h6-8H,3-5H2,1-2H3,(H,17,18)(H2,16,19,20). The summed E-state index contributed by atoms with van der Waals surface area (Å²) in [7, 11) is -4.26. The average molecular weight is 337 g/mol. The zero-order valence-corrected chi connectivity index (χ0v) is 13.4. The van der Waals surface area contributed by atoms with Crippen LogP contribution in [0.15, 0.2) is 17.0 Å². The van der Waals surface area contributed by atoms with Gasteiger partial charge in [0, 0.05) is 6.04 Å². The lowest BCUT2D eigenvalue weighted by Gasteiger charge is -2.17. The van der Waals surface area contributed by atoms with Gasteiger partial charge in [0.25, 0.3) is 5.91 Å². The molecule has 1 amide bonds. The summed E-state index contributed by atoms with van der Waals surface area (Å²) in [5.41, 5.74) is -0.114. The SMILES string of the molecule is CCCC(CC)NC(=O)c1cc(S(N)(=O)=O)c(F)cc1Cl. The molecule has 21 heavy (non-hydrogen) atoms. The van der Waals surface area contributed by atoms with Crippen LogP contribution in [-0.2, 0) is 10.0 Å². The van der Waals surface area contributed by atoms with Crippen molar-refractivity contribution in [3.8, 4) is 0 Å². The molecule has 1 unspecified atom stereocenters. The van der Waals surface area contributed by atoms with Crippen LogP contribution >= 0.6 is 11.6 Å². The third-order valence-electron chi connectivity index (χ3n) is 3.04. The number of sulfonamides is 1. The molecule has 0 heterocycles. The lowest BCUT2D eigenvalue weighted by atomic mass is 10.1. The van der Waals surface area contributed by atoms with E-state index in [0.29, 0.717) is 0 Å². The Bertz CT molecular complexity index is 635. The minimum Gasteiger partial charge on any atom is -0.349 e. The summed E-state index contributed by atoms with van der Waals surface area (Å²) in [6.07, 6.45) is 2.39. The number of benzene rings is 1. The Morgan fingerprint density at radius 1 is 1.43 bits per heavy atom. The molecular formula is C13H18ClFN2O3S. The second-order valence-corrected chi connectivity index (χ2v) is 6.61. The van der Waals surface area contributed by atoms with E-state index >= 15 is 0 Å². The average Bonchev–Trinajstić information content (AvgIpc) is 2.36. The predicted octanol–water partition coefficient (Wildman–Crippen LogP) is 2.43. The van der Waals surface area contributed by atoms with Crippen LogP contribution in [-0.4, -0.2) is 20.4 Å². The van der Waals surface area contributed by atoms with Crippen LogP contribution in [0.25, 0.3) is 0 Å². The number of rotatable bonds is 6. The Morgan fingerprint density at radius 3 is 2.52 bits per heavy atom. The highest BCUT2D eigenvalue weighted by molar-refractivity contribution is 7.89. The fourth-order valence-corrected chi connectivity index (χ4v) is 2.76. The van der Waals surface area contributed by atoms with E-state index in [-0.39, 0.29) is 16.6 Å². The first-order chi connectivity index (χ1) is 9.70. The first kappa shape index (κ1) is 17.9. The molecule has 1 aromatic rings. The van der Waals surface area contributed by atoms with Gasteiger partial charge in [-0.3, -0.25) is 4.79 Å². The maximum Gasteiger partial charge on any atom is 0.253 e. The monoisotopic (exact) mass is 336 g/mol. The maximum atomic E-state index is 13.6. The minimum absolute atomic E-state index is 0.0541. The number of carbonyl (C=O) groups excluding carboxylic acids is 1. The summed E-state index contributed by atoms with van der Waals surface area (Å²) in [6.45, 7) is 3.90. The quantitative estimate of drug-likeness (QED) is 0.836. The van der Waals surface area contributed by atoms with Crippen molar-refractivity contribution in [2.75, 3.05) is 0 Å². The molecule has 3 N–H and O–H groups in total. The lowest BCUT2D eigenvalue weighted by Crippen LogP contribution is -2.34.